The molecule has 198 valence electrons. The van der Waals surface area contributed by atoms with Crippen molar-refractivity contribution in [3.63, 3.8) is 0 Å². The van der Waals surface area contributed by atoms with Crippen molar-refractivity contribution in [3.8, 4) is 0 Å². The molecule has 4 rings (SSSR count). The van der Waals surface area contributed by atoms with Gasteiger partial charge >= 0.3 is 0 Å². The number of rotatable bonds is 8. The van der Waals surface area contributed by atoms with Gasteiger partial charge in [0.2, 0.25) is 0 Å². The maximum absolute atomic E-state index is 14.1. The van der Waals surface area contributed by atoms with Crippen molar-refractivity contribution in [1.82, 2.24) is 19.7 Å². The van der Waals surface area contributed by atoms with E-state index in [4.69, 9.17) is 0 Å². The van der Waals surface area contributed by atoms with Crippen molar-refractivity contribution in [1.29, 1.82) is 0 Å². The number of carbonyl (C=O) groups is 2. The minimum Gasteiger partial charge on any atom is -0.468 e. The fourth-order valence-electron chi connectivity index (χ4n) is 5.66. The Morgan fingerprint density at radius 1 is 1.25 bits per heavy atom. The summed E-state index contributed by atoms with van der Waals surface area (Å²) in [7, 11) is 6.04. The van der Waals surface area contributed by atoms with Crippen LogP contribution in [0.5, 0.6) is 0 Å². The third-order valence-corrected chi connectivity index (χ3v) is 7.19. The second-order valence-electron chi connectivity index (χ2n) is 10.2. The second-order valence-corrected chi connectivity index (χ2v) is 10.2. The standard InChI is InChI=1S/C24H34FN5O.C3H6O2/c1-27(2)8-4-5-19(16-31)23-22(13-20(25)15-26-23)30-11-9-29(10-12-30)21-6-7-24(14-21)17-28(3)18-24;1-2-5-3-4/h4-5,8,13,15-16,21H,6-7,9-12,14,17-18H2,1-3H3;3H,2H2,1H3/b8-4-,19-5+;. The molecule has 0 amide bonds. The zero-order valence-corrected chi connectivity index (χ0v) is 22.0. The van der Waals surface area contributed by atoms with E-state index in [1.807, 2.05) is 31.3 Å². The molecule has 1 spiro atoms. The van der Waals surface area contributed by atoms with Crippen molar-refractivity contribution in [3.05, 3.63) is 42.1 Å². The highest BCUT2D eigenvalue weighted by Crippen LogP contribution is 2.46. The largest absolute Gasteiger partial charge is 0.468 e. The van der Waals surface area contributed by atoms with Crippen molar-refractivity contribution < 1.29 is 18.7 Å². The fourth-order valence-corrected chi connectivity index (χ4v) is 5.66. The summed E-state index contributed by atoms with van der Waals surface area (Å²) in [6, 6.07) is 2.18. The summed E-state index contributed by atoms with van der Waals surface area (Å²) in [5.74, 6) is -0.373. The van der Waals surface area contributed by atoms with Crippen LogP contribution in [0.1, 0.15) is 31.9 Å². The molecule has 0 bridgehead atoms. The molecular formula is C27H40FN5O3. The number of allylic oxidation sites excluding steroid dienone is 3. The Kier molecular flexibility index (Phi) is 10.0. The molecule has 8 nitrogen and oxygen atoms in total. The lowest BCUT2D eigenvalue weighted by Crippen LogP contribution is -2.54. The van der Waals surface area contributed by atoms with Gasteiger partial charge in [-0.2, -0.15) is 0 Å². The van der Waals surface area contributed by atoms with Gasteiger partial charge in [-0.05, 0) is 57.0 Å². The number of hydrogen-bond donors (Lipinski definition) is 0. The normalized spacial score (nSPS) is 22.2. The predicted octanol–water partition coefficient (Wildman–Crippen LogP) is 2.66. The van der Waals surface area contributed by atoms with E-state index in [2.05, 4.69) is 31.5 Å². The Hall–Kier alpha value is -2.78. The quantitative estimate of drug-likeness (QED) is 0.306. The summed E-state index contributed by atoms with van der Waals surface area (Å²) in [4.78, 5) is 34.3. The van der Waals surface area contributed by atoms with Gasteiger partial charge in [-0.1, -0.05) is 0 Å². The van der Waals surface area contributed by atoms with E-state index in [1.165, 1.54) is 44.6 Å². The molecule has 3 fully saturated rings. The molecule has 2 aliphatic heterocycles. The number of pyridine rings is 1. The van der Waals surface area contributed by atoms with Gasteiger partial charge in [0.15, 0.2) is 6.29 Å². The van der Waals surface area contributed by atoms with Gasteiger partial charge in [0, 0.05) is 71.0 Å². The summed E-state index contributed by atoms with van der Waals surface area (Å²) in [6.07, 6.45) is 11.3. The number of piperazine rings is 1. The molecule has 36 heavy (non-hydrogen) atoms. The van der Waals surface area contributed by atoms with Crippen LogP contribution in [0.25, 0.3) is 5.57 Å². The lowest BCUT2D eigenvalue weighted by molar-refractivity contribution is -0.128. The number of aromatic nitrogens is 1. The van der Waals surface area contributed by atoms with Crippen LogP contribution < -0.4 is 4.90 Å². The van der Waals surface area contributed by atoms with Crippen molar-refractivity contribution in [2.24, 2.45) is 5.41 Å². The third-order valence-electron chi connectivity index (χ3n) is 7.19. The van der Waals surface area contributed by atoms with Crippen molar-refractivity contribution in [2.45, 2.75) is 32.2 Å². The number of ether oxygens (including phenoxy) is 1. The molecule has 3 aliphatic rings. The number of aldehydes is 1. The van der Waals surface area contributed by atoms with E-state index in [-0.39, 0.29) is 5.82 Å². The average Bonchev–Trinajstić information content (AvgIpc) is 3.28. The third kappa shape index (κ3) is 7.13. The average molecular weight is 502 g/mol. The highest BCUT2D eigenvalue weighted by molar-refractivity contribution is 6.08. The maximum atomic E-state index is 14.1. The number of likely N-dealkylation sites (tertiary alicyclic amines) is 1. The van der Waals surface area contributed by atoms with Gasteiger partial charge in [0.1, 0.15) is 5.82 Å². The van der Waals surface area contributed by atoms with Crippen molar-refractivity contribution in [2.75, 3.05) is 71.9 Å². The van der Waals surface area contributed by atoms with Crippen LogP contribution in [0.2, 0.25) is 0 Å². The van der Waals surface area contributed by atoms with Gasteiger partial charge in [-0.3, -0.25) is 19.5 Å². The predicted molar refractivity (Wildman–Crippen MR) is 140 cm³/mol. The Morgan fingerprint density at radius 3 is 2.53 bits per heavy atom. The van der Waals surface area contributed by atoms with Crippen LogP contribution >= 0.6 is 0 Å². The topological polar surface area (TPSA) is 69.2 Å². The van der Waals surface area contributed by atoms with Crippen molar-refractivity contribution >= 4 is 24.0 Å². The van der Waals surface area contributed by atoms with Crippen LogP contribution in [-0.2, 0) is 14.3 Å². The first kappa shape index (κ1) is 27.8. The lowest BCUT2D eigenvalue weighted by atomic mass is 9.78. The first-order valence-electron chi connectivity index (χ1n) is 12.7. The van der Waals surface area contributed by atoms with Gasteiger partial charge < -0.3 is 19.4 Å². The first-order valence-corrected chi connectivity index (χ1v) is 12.7. The van der Waals surface area contributed by atoms with Crippen LogP contribution in [0.3, 0.4) is 0 Å². The van der Waals surface area contributed by atoms with Crippen LogP contribution in [0, 0.1) is 11.2 Å². The highest BCUT2D eigenvalue weighted by atomic mass is 19.1. The first-order chi connectivity index (χ1) is 17.3. The number of hydrogen-bond acceptors (Lipinski definition) is 8. The molecule has 2 saturated heterocycles. The zero-order valence-electron chi connectivity index (χ0n) is 22.0. The van der Waals surface area contributed by atoms with Gasteiger partial charge in [0.25, 0.3) is 6.47 Å². The van der Waals surface area contributed by atoms with E-state index >= 15 is 0 Å². The molecule has 1 aromatic rings. The summed E-state index contributed by atoms with van der Waals surface area (Å²) in [6.45, 7) is 8.72. The second kappa shape index (κ2) is 13.0. The maximum Gasteiger partial charge on any atom is 0.293 e. The Labute approximate surface area is 214 Å². The van der Waals surface area contributed by atoms with Gasteiger partial charge in [0.05, 0.1) is 24.2 Å². The number of anilines is 1. The molecule has 1 atom stereocenters. The Morgan fingerprint density at radius 2 is 1.97 bits per heavy atom. The summed E-state index contributed by atoms with van der Waals surface area (Å²) < 4.78 is 18.2. The van der Waals surface area contributed by atoms with E-state index in [0.717, 1.165) is 32.5 Å². The van der Waals surface area contributed by atoms with E-state index in [9.17, 15) is 14.0 Å². The smallest absolute Gasteiger partial charge is 0.293 e. The zero-order chi connectivity index (χ0) is 26.1. The number of carbonyl (C=O) groups excluding carboxylic acids is 2. The monoisotopic (exact) mass is 501 g/mol. The van der Waals surface area contributed by atoms with E-state index in [0.29, 0.717) is 41.5 Å². The molecule has 1 aliphatic carbocycles. The highest BCUT2D eigenvalue weighted by Gasteiger charge is 2.48. The number of halogens is 1. The van der Waals surface area contributed by atoms with E-state index in [1.54, 1.807) is 13.0 Å². The summed E-state index contributed by atoms with van der Waals surface area (Å²) >= 11 is 0. The molecular weight excluding hydrogens is 461 g/mol. The number of nitrogens with zero attached hydrogens (tertiary/aromatic N) is 5. The minimum atomic E-state index is -0.373. The molecule has 3 heterocycles. The Balaban J connectivity index is 0.000000658. The summed E-state index contributed by atoms with van der Waals surface area (Å²) in [5.41, 5.74) is 2.27. The molecule has 1 saturated carbocycles. The molecule has 9 heteroatoms. The Bertz CT molecular complexity index is 937. The van der Waals surface area contributed by atoms with E-state index < -0.39 is 0 Å². The van der Waals surface area contributed by atoms with Crippen LogP contribution in [-0.4, -0.2) is 106 Å². The SMILES string of the molecule is CCOC=O.CN(C)/C=C\C=C(/C=O)c1ncc(F)cc1N1CCN(C2CCC3(C2)CN(C)C3)CC1. The fraction of sp³-hybridized carbons (Fsp3) is 0.593. The van der Waals surface area contributed by atoms with Crippen LogP contribution in [0.15, 0.2) is 30.6 Å². The van der Waals surface area contributed by atoms with Gasteiger partial charge in [-0.15, -0.1) is 0 Å². The van der Waals surface area contributed by atoms with Crippen LogP contribution in [0.4, 0.5) is 10.1 Å². The molecule has 0 N–H and O–H groups in total. The van der Waals surface area contributed by atoms with Gasteiger partial charge in [-0.25, -0.2) is 4.39 Å². The summed E-state index contributed by atoms with van der Waals surface area (Å²) in [5, 5.41) is 0. The molecule has 0 aromatic carbocycles. The lowest BCUT2D eigenvalue weighted by Gasteiger charge is -2.47. The minimum absolute atomic E-state index is 0.373. The molecule has 1 aromatic heterocycles. The molecule has 0 radical (unpaired) electrons. The molecule has 1 unspecified atom stereocenters.